The SMILES string of the molecule is Cc1nc2c(c(N3CCC[C@H](COc4cccc(F)c4)C3)n1)CCNCC2. The molecule has 1 aromatic heterocycles. The fourth-order valence-corrected chi connectivity index (χ4v) is 4.07. The summed E-state index contributed by atoms with van der Waals surface area (Å²) in [6.45, 7) is 6.49. The Kier molecular flexibility index (Phi) is 5.53. The molecule has 27 heavy (non-hydrogen) atoms. The highest BCUT2D eigenvalue weighted by atomic mass is 19.1. The number of ether oxygens (including phenoxy) is 1. The number of aryl methyl sites for hydroxylation is 1. The summed E-state index contributed by atoms with van der Waals surface area (Å²) in [5.41, 5.74) is 2.50. The summed E-state index contributed by atoms with van der Waals surface area (Å²) in [7, 11) is 0. The Morgan fingerprint density at radius 1 is 1.26 bits per heavy atom. The van der Waals surface area contributed by atoms with Crippen molar-refractivity contribution >= 4 is 5.82 Å². The molecule has 1 saturated heterocycles. The first kappa shape index (κ1) is 18.2. The predicted molar refractivity (Wildman–Crippen MR) is 104 cm³/mol. The Morgan fingerprint density at radius 2 is 2.15 bits per heavy atom. The Morgan fingerprint density at radius 3 is 3.04 bits per heavy atom. The molecule has 144 valence electrons. The van der Waals surface area contributed by atoms with Gasteiger partial charge in [-0.25, -0.2) is 14.4 Å². The summed E-state index contributed by atoms with van der Waals surface area (Å²) in [4.78, 5) is 11.9. The van der Waals surface area contributed by atoms with Crippen LogP contribution in [-0.2, 0) is 12.8 Å². The first-order chi connectivity index (χ1) is 13.2. The molecule has 0 spiro atoms. The van der Waals surface area contributed by atoms with Gasteiger partial charge in [0, 0.05) is 43.6 Å². The second kappa shape index (κ2) is 8.21. The lowest BCUT2D eigenvalue weighted by Crippen LogP contribution is -2.39. The van der Waals surface area contributed by atoms with Crippen LogP contribution in [0.3, 0.4) is 0 Å². The molecule has 1 N–H and O–H groups in total. The number of hydrogen-bond acceptors (Lipinski definition) is 5. The Labute approximate surface area is 160 Å². The highest BCUT2D eigenvalue weighted by Gasteiger charge is 2.25. The third kappa shape index (κ3) is 4.38. The van der Waals surface area contributed by atoms with Crippen LogP contribution in [0.2, 0.25) is 0 Å². The van der Waals surface area contributed by atoms with Crippen LogP contribution in [0.25, 0.3) is 0 Å². The van der Waals surface area contributed by atoms with Gasteiger partial charge in [0.15, 0.2) is 0 Å². The van der Waals surface area contributed by atoms with E-state index in [1.165, 1.54) is 23.4 Å². The van der Waals surface area contributed by atoms with Crippen LogP contribution in [0.1, 0.15) is 29.9 Å². The average molecular weight is 370 g/mol. The molecule has 2 aromatic rings. The number of rotatable bonds is 4. The Hall–Kier alpha value is -2.21. The number of fused-ring (bicyclic) bond motifs is 1. The standard InChI is InChI=1S/C21H27FN4O/c1-15-24-20-8-10-23-9-7-19(20)21(25-15)26-11-3-4-16(13-26)14-27-18-6-2-5-17(22)12-18/h2,5-6,12,16,23H,3-4,7-11,13-14H2,1H3/t16-/m0/s1. The van der Waals surface area contributed by atoms with Crippen molar-refractivity contribution in [3.05, 3.63) is 47.2 Å². The number of anilines is 1. The number of benzene rings is 1. The van der Waals surface area contributed by atoms with Crippen molar-refractivity contribution in [1.29, 1.82) is 0 Å². The highest BCUT2D eigenvalue weighted by molar-refractivity contribution is 5.50. The van der Waals surface area contributed by atoms with Crippen LogP contribution in [0.15, 0.2) is 24.3 Å². The van der Waals surface area contributed by atoms with E-state index in [-0.39, 0.29) is 5.82 Å². The number of nitrogens with zero attached hydrogens (tertiary/aromatic N) is 3. The average Bonchev–Trinajstić information content (AvgIpc) is 2.91. The summed E-state index contributed by atoms with van der Waals surface area (Å²) in [5.74, 6) is 2.72. The first-order valence-corrected chi connectivity index (χ1v) is 9.89. The molecule has 5 nitrogen and oxygen atoms in total. The Balaban J connectivity index is 1.47. The number of aromatic nitrogens is 2. The smallest absolute Gasteiger partial charge is 0.135 e. The van der Waals surface area contributed by atoms with Crippen LogP contribution in [0.5, 0.6) is 5.75 Å². The summed E-state index contributed by atoms with van der Waals surface area (Å²) in [5, 5.41) is 3.46. The zero-order chi connectivity index (χ0) is 18.6. The van der Waals surface area contributed by atoms with Gasteiger partial charge in [-0.05, 0) is 44.9 Å². The normalized spacial score (nSPS) is 20.1. The van der Waals surface area contributed by atoms with Crippen molar-refractivity contribution in [1.82, 2.24) is 15.3 Å². The van der Waals surface area contributed by atoms with E-state index in [0.29, 0.717) is 18.3 Å². The largest absolute Gasteiger partial charge is 0.493 e. The summed E-state index contributed by atoms with van der Waals surface area (Å²) in [6, 6.07) is 6.38. The number of halogens is 1. The van der Waals surface area contributed by atoms with Crippen LogP contribution >= 0.6 is 0 Å². The summed E-state index contributed by atoms with van der Waals surface area (Å²) < 4.78 is 19.2. The van der Waals surface area contributed by atoms with Gasteiger partial charge in [0.25, 0.3) is 0 Å². The third-order valence-corrected chi connectivity index (χ3v) is 5.37. The van der Waals surface area contributed by atoms with Crippen LogP contribution < -0.4 is 15.0 Å². The quantitative estimate of drug-likeness (QED) is 0.897. The molecule has 1 aromatic carbocycles. The number of nitrogens with one attached hydrogen (secondary N) is 1. The van der Waals surface area contributed by atoms with E-state index in [2.05, 4.69) is 10.2 Å². The zero-order valence-corrected chi connectivity index (χ0v) is 15.9. The van der Waals surface area contributed by atoms with Gasteiger partial charge in [-0.3, -0.25) is 0 Å². The molecule has 0 bridgehead atoms. The second-order valence-corrected chi connectivity index (χ2v) is 7.49. The van der Waals surface area contributed by atoms with Gasteiger partial charge in [0.05, 0.1) is 12.3 Å². The number of hydrogen-bond donors (Lipinski definition) is 1. The molecule has 0 aliphatic carbocycles. The molecule has 3 heterocycles. The molecule has 0 amide bonds. The van der Waals surface area contributed by atoms with Gasteiger partial charge >= 0.3 is 0 Å². The number of piperidine rings is 1. The molecule has 2 aliphatic rings. The molecular weight excluding hydrogens is 343 g/mol. The molecular formula is C21H27FN4O. The van der Waals surface area contributed by atoms with Gasteiger partial charge in [0.1, 0.15) is 23.2 Å². The van der Waals surface area contributed by atoms with E-state index >= 15 is 0 Å². The van der Waals surface area contributed by atoms with Crippen LogP contribution in [0.4, 0.5) is 10.2 Å². The molecule has 6 heteroatoms. The van der Waals surface area contributed by atoms with Gasteiger partial charge in [0.2, 0.25) is 0 Å². The molecule has 4 rings (SSSR count). The van der Waals surface area contributed by atoms with E-state index < -0.39 is 0 Å². The lowest BCUT2D eigenvalue weighted by molar-refractivity contribution is 0.227. The van der Waals surface area contributed by atoms with Gasteiger partial charge < -0.3 is 15.0 Å². The van der Waals surface area contributed by atoms with Crippen molar-refractivity contribution in [3.8, 4) is 5.75 Å². The van der Waals surface area contributed by atoms with Crippen molar-refractivity contribution in [2.45, 2.75) is 32.6 Å². The van der Waals surface area contributed by atoms with Crippen LogP contribution in [-0.4, -0.2) is 42.8 Å². The maximum atomic E-state index is 13.3. The minimum atomic E-state index is -0.259. The van der Waals surface area contributed by atoms with Crippen molar-refractivity contribution in [3.63, 3.8) is 0 Å². The molecule has 2 aliphatic heterocycles. The summed E-state index contributed by atoms with van der Waals surface area (Å²) >= 11 is 0. The topological polar surface area (TPSA) is 50.3 Å². The maximum absolute atomic E-state index is 13.3. The first-order valence-electron chi connectivity index (χ1n) is 9.89. The van der Waals surface area contributed by atoms with Gasteiger partial charge in [-0.1, -0.05) is 6.07 Å². The van der Waals surface area contributed by atoms with Crippen molar-refractivity contribution in [2.75, 3.05) is 37.7 Å². The summed E-state index contributed by atoms with van der Waals surface area (Å²) in [6.07, 6.45) is 4.18. The van der Waals surface area contributed by atoms with E-state index in [1.54, 1.807) is 6.07 Å². The Bertz CT molecular complexity index is 798. The zero-order valence-electron chi connectivity index (χ0n) is 15.9. The minimum Gasteiger partial charge on any atom is -0.493 e. The van der Waals surface area contributed by atoms with Crippen molar-refractivity contribution < 1.29 is 9.13 Å². The maximum Gasteiger partial charge on any atom is 0.135 e. The van der Waals surface area contributed by atoms with E-state index in [0.717, 1.165) is 63.5 Å². The fourth-order valence-electron chi connectivity index (χ4n) is 4.07. The van der Waals surface area contributed by atoms with Gasteiger partial charge in [-0.15, -0.1) is 0 Å². The molecule has 0 radical (unpaired) electrons. The van der Waals surface area contributed by atoms with Gasteiger partial charge in [-0.2, -0.15) is 0 Å². The third-order valence-electron chi connectivity index (χ3n) is 5.37. The molecule has 1 atom stereocenters. The lowest BCUT2D eigenvalue weighted by atomic mass is 9.98. The molecule has 1 fully saturated rings. The van der Waals surface area contributed by atoms with E-state index in [1.807, 2.05) is 13.0 Å². The predicted octanol–water partition coefficient (Wildman–Crippen LogP) is 2.91. The second-order valence-electron chi connectivity index (χ2n) is 7.49. The molecule has 0 saturated carbocycles. The van der Waals surface area contributed by atoms with E-state index in [4.69, 9.17) is 14.7 Å². The fraction of sp³-hybridized carbons (Fsp3) is 0.524. The minimum absolute atomic E-state index is 0.259. The highest BCUT2D eigenvalue weighted by Crippen LogP contribution is 2.28. The molecule has 0 unspecified atom stereocenters. The monoisotopic (exact) mass is 370 g/mol. The lowest BCUT2D eigenvalue weighted by Gasteiger charge is -2.35. The van der Waals surface area contributed by atoms with Crippen LogP contribution in [0, 0.1) is 18.7 Å². The van der Waals surface area contributed by atoms with Crippen molar-refractivity contribution in [2.24, 2.45) is 5.92 Å². The van der Waals surface area contributed by atoms with E-state index in [9.17, 15) is 4.39 Å².